The van der Waals surface area contributed by atoms with Gasteiger partial charge in [0.2, 0.25) is 0 Å². The quantitative estimate of drug-likeness (QED) is 0.594. The zero-order valence-electron chi connectivity index (χ0n) is 17.9. The first-order chi connectivity index (χ1) is 15.4. The van der Waals surface area contributed by atoms with Gasteiger partial charge in [0.05, 0.1) is 24.8 Å². The van der Waals surface area contributed by atoms with Crippen molar-refractivity contribution < 1.29 is 22.7 Å². The minimum absolute atomic E-state index is 0.0841. The van der Waals surface area contributed by atoms with Gasteiger partial charge in [-0.2, -0.15) is 0 Å². The van der Waals surface area contributed by atoms with E-state index in [0.717, 1.165) is 11.1 Å². The number of hydrogen-bond acceptors (Lipinski definition) is 5. The Morgan fingerprint density at radius 2 is 1.81 bits per heavy atom. The first-order valence-electron chi connectivity index (χ1n) is 10.1. The Kier molecular flexibility index (Phi) is 6.05. The Labute approximate surface area is 187 Å². The molecule has 0 aliphatic carbocycles. The number of amides is 1. The van der Waals surface area contributed by atoms with E-state index in [1.165, 1.54) is 16.4 Å². The van der Waals surface area contributed by atoms with Gasteiger partial charge in [-0.25, -0.2) is 8.42 Å². The fourth-order valence-electron chi connectivity index (χ4n) is 3.78. The largest absolute Gasteiger partial charge is 0.497 e. The van der Waals surface area contributed by atoms with Crippen LogP contribution in [-0.4, -0.2) is 35.1 Å². The summed E-state index contributed by atoms with van der Waals surface area (Å²) in [6.07, 6.45) is 0.665. The molecule has 0 unspecified atom stereocenters. The summed E-state index contributed by atoms with van der Waals surface area (Å²) in [4.78, 5) is 12.9. The molecule has 8 heteroatoms. The highest BCUT2D eigenvalue weighted by molar-refractivity contribution is 7.92. The molecule has 0 saturated heterocycles. The van der Waals surface area contributed by atoms with Gasteiger partial charge >= 0.3 is 0 Å². The molecule has 3 aromatic carbocycles. The van der Waals surface area contributed by atoms with E-state index in [9.17, 15) is 13.2 Å². The van der Waals surface area contributed by atoms with Crippen molar-refractivity contribution in [2.45, 2.75) is 17.9 Å². The van der Waals surface area contributed by atoms with Crippen molar-refractivity contribution in [3.63, 3.8) is 0 Å². The SMILES string of the molecule is COc1ccc(OC)c(CNC(=O)c2cccc(S(=O)(=O)N3CCc4ccccc43)c2)c1. The number of nitrogens with one attached hydrogen (secondary N) is 1. The Morgan fingerprint density at radius 3 is 2.59 bits per heavy atom. The van der Waals surface area contributed by atoms with Crippen LogP contribution in [0.1, 0.15) is 21.5 Å². The average molecular weight is 453 g/mol. The number of carbonyl (C=O) groups is 1. The molecular weight excluding hydrogens is 428 g/mol. The number of hydrogen-bond donors (Lipinski definition) is 1. The molecule has 1 amide bonds. The predicted octanol–water partition coefficient (Wildman–Crippen LogP) is 3.39. The molecule has 1 aliphatic rings. The zero-order valence-corrected chi connectivity index (χ0v) is 18.7. The van der Waals surface area contributed by atoms with Gasteiger partial charge in [-0.05, 0) is 54.4 Å². The van der Waals surface area contributed by atoms with Gasteiger partial charge in [0.25, 0.3) is 15.9 Å². The van der Waals surface area contributed by atoms with E-state index < -0.39 is 10.0 Å². The Morgan fingerprint density at radius 1 is 1.00 bits per heavy atom. The van der Waals surface area contributed by atoms with E-state index in [4.69, 9.17) is 9.47 Å². The van der Waals surface area contributed by atoms with Gasteiger partial charge in [-0.15, -0.1) is 0 Å². The van der Waals surface area contributed by atoms with Crippen LogP contribution in [0.4, 0.5) is 5.69 Å². The average Bonchev–Trinajstić information content (AvgIpc) is 3.27. The molecule has 7 nitrogen and oxygen atoms in total. The highest BCUT2D eigenvalue weighted by atomic mass is 32.2. The van der Waals surface area contributed by atoms with Crippen molar-refractivity contribution in [1.82, 2.24) is 5.32 Å². The Balaban J connectivity index is 1.54. The first-order valence-corrected chi connectivity index (χ1v) is 11.6. The molecule has 1 N–H and O–H groups in total. The van der Waals surface area contributed by atoms with Gasteiger partial charge in [0.1, 0.15) is 11.5 Å². The summed E-state index contributed by atoms with van der Waals surface area (Å²) in [7, 11) is -0.660. The van der Waals surface area contributed by atoms with E-state index in [1.807, 2.05) is 18.2 Å². The van der Waals surface area contributed by atoms with Crippen LogP contribution in [0.5, 0.6) is 11.5 Å². The summed E-state index contributed by atoms with van der Waals surface area (Å²) in [5, 5.41) is 2.82. The van der Waals surface area contributed by atoms with E-state index in [1.54, 1.807) is 50.6 Å². The molecule has 0 spiro atoms. The zero-order chi connectivity index (χ0) is 22.7. The number of benzene rings is 3. The van der Waals surface area contributed by atoms with Gasteiger partial charge < -0.3 is 14.8 Å². The second-order valence-corrected chi connectivity index (χ2v) is 9.21. The topological polar surface area (TPSA) is 84.9 Å². The Hall–Kier alpha value is -3.52. The number of nitrogens with zero attached hydrogens (tertiary/aromatic N) is 1. The predicted molar refractivity (Wildman–Crippen MR) is 122 cm³/mol. The fraction of sp³-hybridized carbons (Fsp3) is 0.208. The Bertz CT molecular complexity index is 1260. The third-order valence-corrected chi connectivity index (χ3v) is 7.26. The standard InChI is InChI=1S/C24H24N2O5S/c1-30-20-10-11-23(31-2)19(14-20)16-25-24(27)18-7-5-8-21(15-18)32(28,29)26-13-12-17-6-3-4-9-22(17)26/h3-11,14-15H,12-13,16H2,1-2H3,(H,25,27). The van der Waals surface area contributed by atoms with E-state index in [0.29, 0.717) is 30.2 Å². The van der Waals surface area contributed by atoms with Crippen LogP contribution in [0.25, 0.3) is 0 Å². The summed E-state index contributed by atoms with van der Waals surface area (Å²) in [6, 6.07) is 18.9. The van der Waals surface area contributed by atoms with Crippen LogP contribution >= 0.6 is 0 Å². The minimum atomic E-state index is -3.78. The number of para-hydroxylation sites is 1. The van der Waals surface area contributed by atoms with Crippen molar-refractivity contribution in [2.75, 3.05) is 25.1 Å². The maximum Gasteiger partial charge on any atom is 0.264 e. The molecule has 4 rings (SSSR count). The number of methoxy groups -OCH3 is 2. The van der Waals surface area contributed by atoms with Crippen molar-refractivity contribution in [3.05, 3.63) is 83.4 Å². The highest BCUT2D eigenvalue weighted by Gasteiger charge is 2.30. The number of sulfonamides is 1. The minimum Gasteiger partial charge on any atom is -0.497 e. The molecule has 0 radical (unpaired) electrons. The summed E-state index contributed by atoms with van der Waals surface area (Å²) < 4.78 is 38.5. The monoisotopic (exact) mass is 452 g/mol. The fourth-order valence-corrected chi connectivity index (χ4v) is 5.33. The summed E-state index contributed by atoms with van der Waals surface area (Å²) in [6.45, 7) is 0.587. The van der Waals surface area contributed by atoms with Gasteiger partial charge in [-0.3, -0.25) is 9.10 Å². The third-order valence-electron chi connectivity index (χ3n) is 5.46. The molecule has 1 heterocycles. The number of carbonyl (C=O) groups excluding carboxylic acids is 1. The first kappa shape index (κ1) is 21.7. The summed E-state index contributed by atoms with van der Waals surface area (Å²) in [5.41, 5.74) is 2.70. The maximum atomic E-state index is 13.3. The van der Waals surface area contributed by atoms with Crippen molar-refractivity contribution in [3.8, 4) is 11.5 Å². The van der Waals surface area contributed by atoms with Crippen LogP contribution in [0, 0.1) is 0 Å². The van der Waals surface area contributed by atoms with E-state index >= 15 is 0 Å². The summed E-state index contributed by atoms with van der Waals surface area (Å²) >= 11 is 0. The number of fused-ring (bicyclic) bond motifs is 1. The van der Waals surface area contributed by atoms with Gasteiger partial charge in [0, 0.05) is 24.2 Å². The highest BCUT2D eigenvalue weighted by Crippen LogP contribution is 2.32. The van der Waals surface area contributed by atoms with E-state index in [-0.39, 0.29) is 22.9 Å². The van der Waals surface area contributed by atoms with Crippen LogP contribution in [0.2, 0.25) is 0 Å². The summed E-state index contributed by atoms with van der Waals surface area (Å²) in [5.74, 6) is 0.887. The molecule has 0 fully saturated rings. The lowest BCUT2D eigenvalue weighted by Crippen LogP contribution is -2.29. The normalized spacial score (nSPS) is 12.9. The lowest BCUT2D eigenvalue weighted by Gasteiger charge is -2.20. The molecule has 0 aromatic heterocycles. The third kappa shape index (κ3) is 4.13. The molecule has 0 atom stereocenters. The molecule has 0 bridgehead atoms. The number of ether oxygens (including phenoxy) is 2. The van der Waals surface area contributed by atoms with Gasteiger partial charge in [-0.1, -0.05) is 24.3 Å². The van der Waals surface area contributed by atoms with Gasteiger partial charge in [0.15, 0.2) is 0 Å². The maximum absolute atomic E-state index is 13.3. The lowest BCUT2D eigenvalue weighted by molar-refractivity contribution is 0.0950. The second-order valence-electron chi connectivity index (χ2n) is 7.34. The van der Waals surface area contributed by atoms with Crippen molar-refractivity contribution in [1.29, 1.82) is 0 Å². The number of anilines is 1. The van der Waals surface area contributed by atoms with Crippen molar-refractivity contribution >= 4 is 21.6 Å². The van der Waals surface area contributed by atoms with Crippen LogP contribution < -0.4 is 19.1 Å². The number of rotatable bonds is 7. The molecular formula is C24H24N2O5S. The van der Waals surface area contributed by atoms with E-state index in [2.05, 4.69) is 5.32 Å². The molecule has 3 aromatic rings. The van der Waals surface area contributed by atoms with Crippen LogP contribution in [-0.2, 0) is 23.0 Å². The molecule has 1 aliphatic heterocycles. The molecule has 0 saturated carbocycles. The smallest absolute Gasteiger partial charge is 0.264 e. The second kappa shape index (κ2) is 8.92. The van der Waals surface area contributed by atoms with Crippen LogP contribution in [0.15, 0.2) is 71.6 Å². The van der Waals surface area contributed by atoms with Crippen LogP contribution in [0.3, 0.4) is 0 Å². The molecule has 32 heavy (non-hydrogen) atoms. The molecule has 166 valence electrons. The van der Waals surface area contributed by atoms with Crippen molar-refractivity contribution in [2.24, 2.45) is 0 Å². The lowest BCUT2D eigenvalue weighted by atomic mass is 10.1.